The fourth-order valence-corrected chi connectivity index (χ4v) is 0.953. The van der Waals surface area contributed by atoms with Crippen molar-refractivity contribution in [2.24, 2.45) is 0 Å². The first-order valence-corrected chi connectivity index (χ1v) is 4.14. The largest absolute Gasteiger partial charge is 0.480 e. The minimum absolute atomic E-state index is 0.0566. The van der Waals surface area contributed by atoms with Gasteiger partial charge in [0.25, 0.3) is 5.91 Å². The summed E-state index contributed by atoms with van der Waals surface area (Å²) >= 11 is 0. The van der Waals surface area contributed by atoms with E-state index >= 15 is 0 Å². The number of amides is 1. The van der Waals surface area contributed by atoms with Crippen LogP contribution in [0.5, 0.6) is 0 Å². The summed E-state index contributed by atoms with van der Waals surface area (Å²) in [5.74, 6) is 0.497. The van der Waals surface area contributed by atoms with E-state index in [1.165, 1.54) is 18.6 Å². The number of aliphatic carboxylic acids is 1. The predicted octanol–water partition coefficient (Wildman–Crippen LogP) is 0.486. The molecule has 1 unspecified atom stereocenters. The van der Waals surface area contributed by atoms with Gasteiger partial charge in [0.2, 0.25) is 0 Å². The van der Waals surface area contributed by atoms with Crippen LogP contribution in [0.3, 0.4) is 0 Å². The molecule has 1 amide bonds. The highest BCUT2D eigenvalue weighted by atomic mass is 16.4. The number of furan rings is 1. The molecule has 1 rings (SSSR count). The Bertz CT molecular complexity index is 388. The third-order valence-electron chi connectivity index (χ3n) is 1.71. The molecule has 2 N–H and O–H groups in total. The summed E-state index contributed by atoms with van der Waals surface area (Å²) in [6, 6.07) is 0.363. The van der Waals surface area contributed by atoms with Crippen molar-refractivity contribution in [2.45, 2.75) is 12.5 Å². The van der Waals surface area contributed by atoms with Crippen LogP contribution in [-0.4, -0.2) is 23.0 Å². The molecular weight excluding hydrogens is 198 g/mol. The number of nitrogens with one attached hydrogen (secondary N) is 1. The quantitative estimate of drug-likeness (QED) is 0.704. The molecule has 0 fully saturated rings. The van der Waals surface area contributed by atoms with Crippen molar-refractivity contribution in [1.82, 2.24) is 5.32 Å². The van der Waals surface area contributed by atoms with Gasteiger partial charge < -0.3 is 14.8 Å². The molecule has 0 bridgehead atoms. The van der Waals surface area contributed by atoms with Crippen LogP contribution in [0.2, 0.25) is 0 Å². The summed E-state index contributed by atoms with van der Waals surface area (Å²) in [6.07, 6.45) is 7.47. The first-order chi connectivity index (χ1) is 7.15. The van der Waals surface area contributed by atoms with Crippen molar-refractivity contribution in [3.05, 3.63) is 24.2 Å². The van der Waals surface area contributed by atoms with Crippen LogP contribution in [0, 0.1) is 12.3 Å². The number of carboxylic acids is 1. The van der Waals surface area contributed by atoms with Gasteiger partial charge in [-0.05, 0) is 6.07 Å². The van der Waals surface area contributed by atoms with Gasteiger partial charge in [0.15, 0.2) is 0 Å². The van der Waals surface area contributed by atoms with E-state index in [4.69, 9.17) is 11.5 Å². The number of carbonyl (C=O) groups is 2. The van der Waals surface area contributed by atoms with E-state index in [9.17, 15) is 9.59 Å². The molecule has 1 atom stereocenters. The number of hydrogen-bond acceptors (Lipinski definition) is 3. The highest BCUT2D eigenvalue weighted by Crippen LogP contribution is 2.01. The Balaban J connectivity index is 2.64. The molecule has 0 aliphatic carbocycles. The molecule has 15 heavy (non-hydrogen) atoms. The lowest BCUT2D eigenvalue weighted by atomic mass is 10.2. The molecule has 0 aliphatic rings. The van der Waals surface area contributed by atoms with E-state index in [0.717, 1.165) is 0 Å². The van der Waals surface area contributed by atoms with Crippen LogP contribution in [0.1, 0.15) is 16.8 Å². The zero-order valence-electron chi connectivity index (χ0n) is 7.77. The van der Waals surface area contributed by atoms with Crippen LogP contribution in [-0.2, 0) is 4.79 Å². The van der Waals surface area contributed by atoms with Gasteiger partial charge in [-0.25, -0.2) is 4.79 Å². The highest BCUT2D eigenvalue weighted by molar-refractivity contribution is 5.96. The number of carboxylic acid groups (broad SMARTS) is 1. The standard InChI is InChI=1S/C10H9NO4/c1-2-3-8(10(13)14)11-9(12)7-4-5-15-6-7/h1,4-6,8H,3H2,(H,11,12)(H,13,14). The molecule has 0 saturated carbocycles. The highest BCUT2D eigenvalue weighted by Gasteiger charge is 2.19. The minimum Gasteiger partial charge on any atom is -0.480 e. The van der Waals surface area contributed by atoms with Gasteiger partial charge >= 0.3 is 5.97 Å². The molecule has 0 aromatic carbocycles. The van der Waals surface area contributed by atoms with E-state index in [-0.39, 0.29) is 12.0 Å². The average Bonchev–Trinajstić information content (AvgIpc) is 2.69. The van der Waals surface area contributed by atoms with E-state index < -0.39 is 17.9 Å². The fourth-order valence-electron chi connectivity index (χ4n) is 0.953. The van der Waals surface area contributed by atoms with Crippen molar-refractivity contribution in [1.29, 1.82) is 0 Å². The second-order valence-electron chi connectivity index (χ2n) is 2.78. The Labute approximate surface area is 86.1 Å². The van der Waals surface area contributed by atoms with Crippen molar-refractivity contribution in [3.8, 4) is 12.3 Å². The van der Waals surface area contributed by atoms with Gasteiger partial charge in [0.05, 0.1) is 11.8 Å². The Kier molecular flexibility index (Phi) is 3.52. The maximum absolute atomic E-state index is 11.4. The first kappa shape index (κ1) is 10.9. The van der Waals surface area contributed by atoms with Crippen LogP contribution >= 0.6 is 0 Å². The molecule has 0 saturated heterocycles. The van der Waals surface area contributed by atoms with E-state index in [0.29, 0.717) is 0 Å². The molecule has 0 radical (unpaired) electrons. The third-order valence-corrected chi connectivity index (χ3v) is 1.71. The van der Waals surface area contributed by atoms with Crippen molar-refractivity contribution >= 4 is 11.9 Å². The monoisotopic (exact) mass is 207 g/mol. The van der Waals surface area contributed by atoms with Crippen molar-refractivity contribution in [2.75, 3.05) is 0 Å². The van der Waals surface area contributed by atoms with E-state index in [1.54, 1.807) is 0 Å². The Morgan fingerprint density at radius 3 is 2.87 bits per heavy atom. The van der Waals surface area contributed by atoms with Gasteiger partial charge in [-0.1, -0.05) is 0 Å². The number of rotatable bonds is 4. The first-order valence-electron chi connectivity index (χ1n) is 4.14. The molecule has 0 spiro atoms. The summed E-state index contributed by atoms with van der Waals surface area (Å²) in [5.41, 5.74) is 0.262. The number of terminal acetylenes is 1. The fraction of sp³-hybridized carbons (Fsp3) is 0.200. The van der Waals surface area contributed by atoms with Gasteiger partial charge in [-0.2, -0.15) is 0 Å². The summed E-state index contributed by atoms with van der Waals surface area (Å²) < 4.78 is 4.69. The summed E-state index contributed by atoms with van der Waals surface area (Å²) in [6.45, 7) is 0. The van der Waals surface area contributed by atoms with Crippen LogP contribution in [0.4, 0.5) is 0 Å². The zero-order valence-corrected chi connectivity index (χ0v) is 7.77. The minimum atomic E-state index is -1.16. The molecule has 78 valence electrons. The average molecular weight is 207 g/mol. The van der Waals surface area contributed by atoms with Gasteiger partial charge in [-0.15, -0.1) is 12.3 Å². The summed E-state index contributed by atoms with van der Waals surface area (Å²) in [4.78, 5) is 22.1. The van der Waals surface area contributed by atoms with Gasteiger partial charge in [-0.3, -0.25) is 4.79 Å². The molecule has 5 nitrogen and oxygen atoms in total. The van der Waals surface area contributed by atoms with E-state index in [2.05, 4.69) is 15.7 Å². The lowest BCUT2D eigenvalue weighted by Crippen LogP contribution is -2.40. The van der Waals surface area contributed by atoms with Crippen LogP contribution in [0.25, 0.3) is 0 Å². The summed E-state index contributed by atoms with van der Waals surface area (Å²) in [5, 5.41) is 11.0. The van der Waals surface area contributed by atoms with Crippen molar-refractivity contribution < 1.29 is 19.1 Å². The Hall–Kier alpha value is -2.22. The number of carbonyl (C=O) groups excluding carboxylic acids is 1. The second-order valence-corrected chi connectivity index (χ2v) is 2.78. The SMILES string of the molecule is C#CCC(NC(=O)c1ccoc1)C(=O)O. The summed E-state index contributed by atoms with van der Waals surface area (Å²) in [7, 11) is 0. The Morgan fingerprint density at radius 2 is 2.40 bits per heavy atom. The smallest absolute Gasteiger partial charge is 0.327 e. The molecule has 0 aliphatic heterocycles. The topological polar surface area (TPSA) is 79.5 Å². The third kappa shape index (κ3) is 2.88. The maximum Gasteiger partial charge on any atom is 0.327 e. The Morgan fingerprint density at radius 1 is 1.67 bits per heavy atom. The molecule has 1 aromatic rings. The molecule has 1 aromatic heterocycles. The van der Waals surface area contributed by atoms with Gasteiger partial charge in [0.1, 0.15) is 12.3 Å². The van der Waals surface area contributed by atoms with Crippen LogP contribution < -0.4 is 5.32 Å². The van der Waals surface area contributed by atoms with Crippen LogP contribution in [0.15, 0.2) is 23.0 Å². The lowest BCUT2D eigenvalue weighted by Gasteiger charge is -2.10. The molecular formula is C10H9NO4. The zero-order chi connectivity index (χ0) is 11.3. The normalized spacial score (nSPS) is 11.4. The number of hydrogen-bond donors (Lipinski definition) is 2. The maximum atomic E-state index is 11.4. The van der Waals surface area contributed by atoms with Gasteiger partial charge in [0, 0.05) is 6.42 Å². The second kappa shape index (κ2) is 4.86. The molecule has 1 heterocycles. The predicted molar refractivity (Wildman–Crippen MR) is 51.0 cm³/mol. The van der Waals surface area contributed by atoms with E-state index in [1.807, 2.05) is 0 Å². The van der Waals surface area contributed by atoms with Crippen molar-refractivity contribution in [3.63, 3.8) is 0 Å². The lowest BCUT2D eigenvalue weighted by molar-refractivity contribution is -0.139. The molecule has 5 heteroatoms.